The van der Waals surface area contributed by atoms with Gasteiger partial charge in [0.05, 0.1) is 21.3 Å². The number of benzene rings is 6. The highest BCUT2D eigenvalue weighted by atomic mass is 16.5. The van der Waals surface area contributed by atoms with Crippen LogP contribution in [0.5, 0.6) is 51.7 Å². The van der Waals surface area contributed by atoms with Gasteiger partial charge < -0.3 is 45.6 Å². The summed E-state index contributed by atoms with van der Waals surface area (Å²) in [4.78, 5) is 0. The Balaban J connectivity index is 1.34. The largest absolute Gasteiger partial charge is 0.493 e. The third-order valence-corrected chi connectivity index (χ3v) is 8.54. The molecule has 6 aromatic rings. The first kappa shape index (κ1) is 33.4. The molecule has 9 heteroatoms. The summed E-state index contributed by atoms with van der Waals surface area (Å²) in [6, 6.07) is 39.9. The quantitative estimate of drug-likeness (QED) is 0.0861. The third kappa shape index (κ3) is 7.02. The van der Waals surface area contributed by atoms with Crippen LogP contribution in [0.15, 0.2) is 127 Å². The summed E-state index contributed by atoms with van der Waals surface area (Å²) < 4.78 is 35.0. The van der Waals surface area contributed by atoms with Gasteiger partial charge in [-0.3, -0.25) is 0 Å². The lowest BCUT2D eigenvalue weighted by atomic mass is 9.71. The summed E-state index contributed by atoms with van der Waals surface area (Å²) >= 11 is 0. The molecule has 0 aliphatic rings. The first-order chi connectivity index (χ1) is 24.2. The second kappa shape index (κ2) is 14.3. The maximum atomic E-state index is 6.18. The average Bonchev–Trinajstić information content (AvgIpc) is 3.14. The molecule has 9 nitrogen and oxygen atoms in total. The van der Waals surface area contributed by atoms with Crippen LogP contribution in [0.2, 0.25) is 0 Å². The Morgan fingerprint density at radius 1 is 0.360 bits per heavy atom. The van der Waals surface area contributed by atoms with Gasteiger partial charge in [-0.15, -0.1) is 0 Å². The second-order valence-corrected chi connectivity index (χ2v) is 11.7. The normalized spacial score (nSPS) is 11.0. The first-order valence-corrected chi connectivity index (χ1v) is 15.9. The van der Waals surface area contributed by atoms with Crippen LogP contribution in [0.25, 0.3) is 0 Å². The van der Waals surface area contributed by atoms with Gasteiger partial charge in [-0.25, -0.2) is 0 Å². The van der Waals surface area contributed by atoms with E-state index in [9.17, 15) is 0 Å². The van der Waals surface area contributed by atoms with Crippen LogP contribution in [0, 0.1) is 0 Å². The average molecular weight is 670 g/mol. The second-order valence-electron chi connectivity index (χ2n) is 11.7. The van der Waals surface area contributed by atoms with Crippen LogP contribution in [0.3, 0.4) is 0 Å². The standard InChI is InChI=1S/C41H39N3O6/c1-41(26-5-14-32(15-6-26)48-35-20-11-29(42)23-38(35)45-2,27-7-16-33(17-8-27)49-36-21-12-30(43)24-39(36)46-3)28-9-18-34(19-10-28)50-37-22-13-31(44)25-40(37)47-4/h5-25H,42-44H2,1-4H3. The van der Waals surface area contributed by atoms with Crippen LogP contribution >= 0.6 is 0 Å². The van der Waals surface area contributed by atoms with Gasteiger partial charge in [0.15, 0.2) is 34.5 Å². The van der Waals surface area contributed by atoms with Crippen molar-refractivity contribution in [2.45, 2.75) is 12.3 Å². The van der Waals surface area contributed by atoms with E-state index in [-0.39, 0.29) is 0 Å². The van der Waals surface area contributed by atoms with E-state index in [1.165, 1.54) is 0 Å². The molecule has 0 fully saturated rings. The minimum Gasteiger partial charge on any atom is -0.493 e. The number of nitrogens with two attached hydrogens (primary N) is 3. The predicted molar refractivity (Wildman–Crippen MR) is 197 cm³/mol. The predicted octanol–water partition coefficient (Wildman–Crippen LogP) is 9.19. The third-order valence-electron chi connectivity index (χ3n) is 8.54. The van der Waals surface area contributed by atoms with Gasteiger partial charge in [0.25, 0.3) is 0 Å². The minimum absolute atomic E-state index is 0.553. The van der Waals surface area contributed by atoms with Gasteiger partial charge in [-0.1, -0.05) is 36.4 Å². The summed E-state index contributed by atoms with van der Waals surface area (Å²) in [6.45, 7) is 2.18. The fourth-order valence-electron chi connectivity index (χ4n) is 5.76. The molecule has 6 rings (SSSR count). The lowest BCUT2D eigenvalue weighted by molar-refractivity contribution is 0.379. The zero-order chi connectivity index (χ0) is 35.3. The Kier molecular flexibility index (Phi) is 9.58. The van der Waals surface area contributed by atoms with Crippen molar-refractivity contribution in [3.05, 3.63) is 144 Å². The fraction of sp³-hybridized carbons (Fsp3) is 0.122. The van der Waals surface area contributed by atoms with Gasteiger partial charge in [-0.05, 0) is 96.4 Å². The van der Waals surface area contributed by atoms with Gasteiger partial charge in [0.1, 0.15) is 17.2 Å². The van der Waals surface area contributed by atoms with E-state index < -0.39 is 5.41 Å². The highest BCUT2D eigenvalue weighted by molar-refractivity contribution is 5.57. The molecular weight excluding hydrogens is 630 g/mol. The molecule has 0 saturated carbocycles. The number of rotatable bonds is 12. The monoisotopic (exact) mass is 669 g/mol. The fourth-order valence-corrected chi connectivity index (χ4v) is 5.76. The molecule has 0 amide bonds. The number of methoxy groups -OCH3 is 3. The van der Waals surface area contributed by atoms with Crippen molar-refractivity contribution in [2.24, 2.45) is 0 Å². The van der Waals surface area contributed by atoms with E-state index in [1.807, 2.05) is 36.4 Å². The molecule has 50 heavy (non-hydrogen) atoms. The van der Waals surface area contributed by atoms with Gasteiger partial charge in [-0.2, -0.15) is 0 Å². The molecule has 0 heterocycles. The Bertz CT molecular complexity index is 1840. The highest BCUT2D eigenvalue weighted by Crippen LogP contribution is 2.43. The van der Waals surface area contributed by atoms with Crippen LogP contribution in [0.1, 0.15) is 23.6 Å². The van der Waals surface area contributed by atoms with Gasteiger partial charge >= 0.3 is 0 Å². The molecule has 0 aliphatic carbocycles. The summed E-state index contributed by atoms with van der Waals surface area (Å²) in [5.41, 5.74) is 22.1. The zero-order valence-corrected chi connectivity index (χ0v) is 28.3. The van der Waals surface area contributed by atoms with Crippen LogP contribution in [-0.4, -0.2) is 21.3 Å². The van der Waals surface area contributed by atoms with Crippen LogP contribution < -0.4 is 45.6 Å². The van der Waals surface area contributed by atoms with Crippen molar-refractivity contribution in [3.8, 4) is 51.7 Å². The van der Waals surface area contributed by atoms with Crippen molar-refractivity contribution in [1.29, 1.82) is 0 Å². The molecular formula is C41H39N3O6. The number of hydrogen-bond donors (Lipinski definition) is 3. The Morgan fingerprint density at radius 3 is 0.860 bits per heavy atom. The molecule has 254 valence electrons. The smallest absolute Gasteiger partial charge is 0.169 e. The molecule has 0 saturated heterocycles. The Hall–Kier alpha value is -6.48. The van der Waals surface area contributed by atoms with Crippen molar-refractivity contribution in [3.63, 3.8) is 0 Å². The molecule has 0 aliphatic heterocycles. The van der Waals surface area contributed by atoms with E-state index in [4.69, 9.17) is 45.6 Å². The molecule has 0 unspecified atom stereocenters. The molecule has 6 N–H and O–H groups in total. The molecule has 0 spiro atoms. The van der Waals surface area contributed by atoms with Crippen molar-refractivity contribution in [2.75, 3.05) is 38.5 Å². The first-order valence-electron chi connectivity index (χ1n) is 15.9. The number of ether oxygens (including phenoxy) is 6. The van der Waals surface area contributed by atoms with Gasteiger partial charge in [0.2, 0.25) is 0 Å². The van der Waals surface area contributed by atoms with Crippen LogP contribution in [0.4, 0.5) is 17.1 Å². The van der Waals surface area contributed by atoms with E-state index in [0.29, 0.717) is 68.8 Å². The van der Waals surface area contributed by atoms with Crippen molar-refractivity contribution in [1.82, 2.24) is 0 Å². The van der Waals surface area contributed by atoms with E-state index in [2.05, 4.69) is 43.3 Å². The molecule has 6 aromatic carbocycles. The lowest BCUT2D eigenvalue weighted by Gasteiger charge is -2.32. The maximum Gasteiger partial charge on any atom is 0.169 e. The summed E-state index contributed by atoms with van der Waals surface area (Å²) in [5.74, 6) is 5.33. The minimum atomic E-state index is -0.591. The molecule has 0 aromatic heterocycles. The topological polar surface area (TPSA) is 133 Å². The van der Waals surface area contributed by atoms with Crippen molar-refractivity contribution >= 4 is 17.1 Å². The molecule has 0 bridgehead atoms. The summed E-state index contributed by atoms with van der Waals surface area (Å²) in [6.07, 6.45) is 0. The van der Waals surface area contributed by atoms with Crippen LogP contribution in [-0.2, 0) is 5.41 Å². The zero-order valence-electron chi connectivity index (χ0n) is 28.3. The number of hydrogen-bond acceptors (Lipinski definition) is 9. The summed E-state index contributed by atoms with van der Waals surface area (Å²) in [7, 11) is 4.75. The highest BCUT2D eigenvalue weighted by Gasteiger charge is 2.31. The number of nitrogen functional groups attached to an aromatic ring is 3. The molecule has 0 radical (unpaired) electrons. The Morgan fingerprint density at radius 2 is 0.620 bits per heavy atom. The van der Waals surface area contributed by atoms with E-state index >= 15 is 0 Å². The lowest BCUT2D eigenvalue weighted by Crippen LogP contribution is -2.25. The summed E-state index contributed by atoms with van der Waals surface area (Å²) in [5, 5.41) is 0. The van der Waals surface area contributed by atoms with E-state index in [1.54, 1.807) is 75.9 Å². The Labute approximate surface area is 291 Å². The van der Waals surface area contributed by atoms with E-state index in [0.717, 1.165) is 16.7 Å². The van der Waals surface area contributed by atoms with Gasteiger partial charge in [0, 0.05) is 40.7 Å². The number of anilines is 3. The maximum absolute atomic E-state index is 6.18. The molecule has 0 atom stereocenters. The SMILES string of the molecule is COc1cc(N)ccc1Oc1ccc(C(C)(c2ccc(Oc3ccc(N)cc3OC)cc2)c2ccc(Oc3ccc(N)cc3OC)cc2)cc1. The van der Waals surface area contributed by atoms with Crippen molar-refractivity contribution < 1.29 is 28.4 Å².